The SMILES string of the molecule is CC[C@@H](C)CC(=O)Nc1c(C)cc(N2CCOCC2)cc1C. The molecule has 4 heteroatoms. The Morgan fingerprint density at radius 1 is 1.27 bits per heavy atom. The number of aryl methyl sites for hydroxylation is 2. The minimum atomic E-state index is 0.111. The minimum Gasteiger partial charge on any atom is -0.378 e. The number of amides is 1. The lowest BCUT2D eigenvalue weighted by molar-refractivity contribution is -0.117. The predicted octanol–water partition coefficient (Wildman–Crippen LogP) is 3.51. The number of rotatable bonds is 5. The van der Waals surface area contributed by atoms with Crippen LogP contribution in [0, 0.1) is 19.8 Å². The molecule has 1 aliphatic heterocycles. The van der Waals surface area contributed by atoms with Crippen molar-refractivity contribution >= 4 is 17.3 Å². The van der Waals surface area contributed by atoms with Crippen molar-refractivity contribution in [3.63, 3.8) is 0 Å². The van der Waals surface area contributed by atoms with E-state index in [1.807, 2.05) is 0 Å². The van der Waals surface area contributed by atoms with E-state index >= 15 is 0 Å². The van der Waals surface area contributed by atoms with Crippen molar-refractivity contribution in [2.45, 2.75) is 40.5 Å². The number of hydrogen-bond donors (Lipinski definition) is 1. The maximum Gasteiger partial charge on any atom is 0.224 e. The lowest BCUT2D eigenvalue weighted by Crippen LogP contribution is -2.36. The molecule has 1 aromatic carbocycles. The zero-order valence-corrected chi connectivity index (χ0v) is 14.2. The molecule has 0 unspecified atom stereocenters. The van der Waals surface area contributed by atoms with Crippen LogP contribution in [0.15, 0.2) is 12.1 Å². The van der Waals surface area contributed by atoms with Crippen LogP contribution >= 0.6 is 0 Å². The number of carbonyl (C=O) groups is 1. The van der Waals surface area contributed by atoms with Gasteiger partial charge in [0.1, 0.15) is 0 Å². The van der Waals surface area contributed by atoms with Crippen molar-refractivity contribution in [1.29, 1.82) is 0 Å². The lowest BCUT2D eigenvalue weighted by atomic mass is 10.0. The number of anilines is 2. The zero-order chi connectivity index (χ0) is 16.1. The summed E-state index contributed by atoms with van der Waals surface area (Å²) >= 11 is 0. The number of hydrogen-bond acceptors (Lipinski definition) is 3. The highest BCUT2D eigenvalue weighted by molar-refractivity contribution is 5.92. The van der Waals surface area contributed by atoms with Gasteiger partial charge < -0.3 is 15.0 Å². The summed E-state index contributed by atoms with van der Waals surface area (Å²) in [5, 5.41) is 3.09. The summed E-state index contributed by atoms with van der Waals surface area (Å²) in [5.41, 5.74) is 4.43. The molecule has 2 rings (SSSR count). The molecule has 22 heavy (non-hydrogen) atoms. The van der Waals surface area contributed by atoms with E-state index in [-0.39, 0.29) is 5.91 Å². The lowest BCUT2D eigenvalue weighted by Gasteiger charge is -2.30. The van der Waals surface area contributed by atoms with E-state index in [1.54, 1.807) is 0 Å². The van der Waals surface area contributed by atoms with E-state index < -0.39 is 0 Å². The smallest absolute Gasteiger partial charge is 0.224 e. The molecule has 0 saturated carbocycles. The van der Waals surface area contributed by atoms with Crippen molar-refractivity contribution in [1.82, 2.24) is 0 Å². The van der Waals surface area contributed by atoms with E-state index in [9.17, 15) is 4.79 Å². The van der Waals surface area contributed by atoms with Crippen LogP contribution in [0.2, 0.25) is 0 Å². The fraction of sp³-hybridized carbons (Fsp3) is 0.611. The van der Waals surface area contributed by atoms with Gasteiger partial charge in [-0.3, -0.25) is 4.79 Å². The quantitative estimate of drug-likeness (QED) is 0.905. The summed E-state index contributed by atoms with van der Waals surface area (Å²) in [6, 6.07) is 4.33. The maximum absolute atomic E-state index is 12.1. The normalized spacial score (nSPS) is 16.5. The Labute approximate surface area is 133 Å². The van der Waals surface area contributed by atoms with E-state index in [4.69, 9.17) is 4.74 Å². The number of morpholine rings is 1. The largest absolute Gasteiger partial charge is 0.378 e. The first-order chi connectivity index (χ1) is 10.5. The van der Waals surface area contributed by atoms with Crippen molar-refractivity contribution in [3.8, 4) is 0 Å². The molecule has 0 radical (unpaired) electrons. The second kappa shape index (κ2) is 7.63. The Balaban J connectivity index is 2.11. The predicted molar refractivity (Wildman–Crippen MR) is 91.6 cm³/mol. The topological polar surface area (TPSA) is 41.6 Å². The molecule has 0 aromatic heterocycles. The van der Waals surface area contributed by atoms with Crippen LogP contribution in [0.25, 0.3) is 0 Å². The van der Waals surface area contributed by atoms with Gasteiger partial charge in [-0.2, -0.15) is 0 Å². The summed E-state index contributed by atoms with van der Waals surface area (Å²) in [7, 11) is 0. The summed E-state index contributed by atoms with van der Waals surface area (Å²) in [6.45, 7) is 11.8. The van der Waals surface area contributed by atoms with Gasteiger partial charge in [-0.05, 0) is 43.0 Å². The van der Waals surface area contributed by atoms with Crippen LogP contribution in [-0.2, 0) is 9.53 Å². The van der Waals surface area contributed by atoms with Crippen LogP contribution in [0.5, 0.6) is 0 Å². The van der Waals surface area contributed by atoms with Gasteiger partial charge in [0.2, 0.25) is 5.91 Å². The van der Waals surface area contributed by atoms with Gasteiger partial charge in [-0.25, -0.2) is 0 Å². The van der Waals surface area contributed by atoms with Crippen LogP contribution in [0.4, 0.5) is 11.4 Å². The van der Waals surface area contributed by atoms with E-state index in [0.717, 1.165) is 49.5 Å². The fourth-order valence-corrected chi connectivity index (χ4v) is 2.79. The molecular formula is C18H28N2O2. The molecule has 122 valence electrons. The molecule has 4 nitrogen and oxygen atoms in total. The third-order valence-corrected chi connectivity index (χ3v) is 4.39. The highest BCUT2D eigenvalue weighted by Gasteiger charge is 2.15. The monoisotopic (exact) mass is 304 g/mol. The molecule has 1 N–H and O–H groups in total. The molecule has 1 amide bonds. The Morgan fingerprint density at radius 3 is 2.41 bits per heavy atom. The first-order valence-electron chi connectivity index (χ1n) is 8.25. The highest BCUT2D eigenvalue weighted by Crippen LogP contribution is 2.28. The van der Waals surface area contributed by atoms with Gasteiger partial charge in [-0.1, -0.05) is 20.3 Å². The molecule has 1 aromatic rings. The molecule has 1 fully saturated rings. The van der Waals surface area contributed by atoms with E-state index in [0.29, 0.717) is 12.3 Å². The zero-order valence-electron chi connectivity index (χ0n) is 14.2. The first-order valence-corrected chi connectivity index (χ1v) is 8.25. The third-order valence-electron chi connectivity index (χ3n) is 4.39. The van der Waals surface area contributed by atoms with Gasteiger partial charge in [0, 0.05) is 30.9 Å². The number of benzene rings is 1. The van der Waals surface area contributed by atoms with Crippen LogP contribution in [0.1, 0.15) is 37.8 Å². The van der Waals surface area contributed by atoms with Gasteiger partial charge in [0.05, 0.1) is 13.2 Å². The second-order valence-electron chi connectivity index (χ2n) is 6.32. The van der Waals surface area contributed by atoms with Gasteiger partial charge >= 0.3 is 0 Å². The first kappa shape index (κ1) is 16.8. The Kier molecular flexibility index (Phi) is 5.83. The van der Waals surface area contributed by atoms with Gasteiger partial charge in [0.25, 0.3) is 0 Å². The third kappa shape index (κ3) is 4.23. The van der Waals surface area contributed by atoms with E-state index in [2.05, 4.69) is 50.0 Å². The van der Waals surface area contributed by atoms with Crippen molar-refractivity contribution in [2.24, 2.45) is 5.92 Å². The van der Waals surface area contributed by atoms with Crippen molar-refractivity contribution < 1.29 is 9.53 Å². The molecule has 0 aliphatic carbocycles. The Morgan fingerprint density at radius 2 is 1.86 bits per heavy atom. The Bertz CT molecular complexity index is 499. The number of nitrogens with one attached hydrogen (secondary N) is 1. The molecule has 0 spiro atoms. The van der Waals surface area contributed by atoms with E-state index in [1.165, 1.54) is 5.69 Å². The van der Waals surface area contributed by atoms with Gasteiger partial charge in [-0.15, -0.1) is 0 Å². The summed E-state index contributed by atoms with van der Waals surface area (Å²) in [5.74, 6) is 0.535. The second-order valence-corrected chi connectivity index (χ2v) is 6.32. The van der Waals surface area contributed by atoms with Crippen molar-refractivity contribution in [3.05, 3.63) is 23.3 Å². The molecule has 0 bridgehead atoms. The molecule has 1 aliphatic rings. The van der Waals surface area contributed by atoms with Crippen molar-refractivity contribution in [2.75, 3.05) is 36.5 Å². The summed E-state index contributed by atoms with van der Waals surface area (Å²) in [4.78, 5) is 14.5. The maximum atomic E-state index is 12.1. The highest BCUT2D eigenvalue weighted by atomic mass is 16.5. The minimum absolute atomic E-state index is 0.111. The van der Waals surface area contributed by atoms with Crippen LogP contribution in [-0.4, -0.2) is 32.2 Å². The average Bonchev–Trinajstić information content (AvgIpc) is 2.51. The standard InChI is InChI=1S/C18H28N2O2/c1-5-13(2)10-17(21)19-18-14(3)11-16(12-15(18)4)20-6-8-22-9-7-20/h11-13H,5-10H2,1-4H3,(H,19,21)/t13-/m1/s1. The molecule has 1 heterocycles. The van der Waals surface area contributed by atoms with Crippen LogP contribution < -0.4 is 10.2 Å². The van der Waals surface area contributed by atoms with Gasteiger partial charge in [0.15, 0.2) is 0 Å². The molecular weight excluding hydrogens is 276 g/mol. The van der Waals surface area contributed by atoms with Crippen LogP contribution in [0.3, 0.4) is 0 Å². The average molecular weight is 304 g/mol. The summed E-state index contributed by atoms with van der Waals surface area (Å²) in [6.07, 6.45) is 1.61. The Hall–Kier alpha value is -1.55. The molecule has 1 saturated heterocycles. The molecule has 1 atom stereocenters. The number of nitrogens with zero attached hydrogens (tertiary/aromatic N) is 1. The summed E-state index contributed by atoms with van der Waals surface area (Å²) < 4.78 is 5.41. The number of ether oxygens (including phenoxy) is 1. The number of carbonyl (C=O) groups excluding carboxylic acids is 1. The fourth-order valence-electron chi connectivity index (χ4n) is 2.79.